The van der Waals surface area contributed by atoms with Crippen LogP contribution in [-0.4, -0.2) is 43.5 Å². The maximum absolute atomic E-state index is 5.67. The van der Waals surface area contributed by atoms with E-state index in [2.05, 4.69) is 11.8 Å². The highest BCUT2D eigenvalue weighted by Gasteiger charge is 2.33. The molecule has 2 rings (SSSR count). The smallest absolute Gasteiger partial charge is 0.173 e. The Morgan fingerprint density at radius 1 is 1.12 bits per heavy atom. The third-order valence-corrected chi connectivity index (χ3v) is 3.67. The predicted molar refractivity (Wildman–Crippen MR) is 64.4 cm³/mol. The van der Waals surface area contributed by atoms with Gasteiger partial charge in [-0.05, 0) is 32.4 Å². The third-order valence-electron chi connectivity index (χ3n) is 3.67. The first-order valence-corrected chi connectivity index (χ1v) is 6.89. The van der Waals surface area contributed by atoms with Gasteiger partial charge in [0.05, 0.1) is 19.3 Å². The van der Waals surface area contributed by atoms with Crippen LogP contribution < -0.4 is 0 Å². The van der Waals surface area contributed by atoms with Crippen LogP contribution in [0.1, 0.15) is 45.4 Å². The van der Waals surface area contributed by atoms with E-state index in [0.29, 0.717) is 6.04 Å². The lowest BCUT2D eigenvalue weighted by atomic mass is 10.0. The van der Waals surface area contributed by atoms with Gasteiger partial charge >= 0.3 is 0 Å². The number of piperidine rings is 1. The van der Waals surface area contributed by atoms with Crippen LogP contribution in [-0.2, 0) is 9.47 Å². The standard InChI is InChI=1S/C13H25NO2/c1-2-3-5-8-14-9-6-4-7-12(14)13-15-10-11-16-13/h12-13H,2-11H2,1H3. The number of hydrogen-bond acceptors (Lipinski definition) is 3. The second-order valence-corrected chi connectivity index (χ2v) is 4.92. The summed E-state index contributed by atoms with van der Waals surface area (Å²) in [5, 5.41) is 0. The Morgan fingerprint density at radius 2 is 1.94 bits per heavy atom. The molecule has 0 bridgehead atoms. The monoisotopic (exact) mass is 227 g/mol. The summed E-state index contributed by atoms with van der Waals surface area (Å²) in [4.78, 5) is 2.59. The number of hydrogen-bond donors (Lipinski definition) is 0. The van der Waals surface area contributed by atoms with E-state index in [9.17, 15) is 0 Å². The normalized spacial score (nSPS) is 28.7. The van der Waals surface area contributed by atoms with Gasteiger partial charge in [0.2, 0.25) is 0 Å². The molecule has 0 aromatic carbocycles. The summed E-state index contributed by atoms with van der Waals surface area (Å²) in [7, 11) is 0. The van der Waals surface area contributed by atoms with Crippen LogP contribution in [0.15, 0.2) is 0 Å². The lowest BCUT2D eigenvalue weighted by Crippen LogP contribution is -2.47. The van der Waals surface area contributed by atoms with Gasteiger partial charge in [0, 0.05) is 0 Å². The molecule has 0 radical (unpaired) electrons. The van der Waals surface area contributed by atoms with E-state index in [4.69, 9.17) is 9.47 Å². The number of likely N-dealkylation sites (tertiary alicyclic amines) is 1. The summed E-state index contributed by atoms with van der Waals surface area (Å²) < 4.78 is 11.3. The fourth-order valence-electron chi connectivity index (χ4n) is 2.77. The fraction of sp³-hybridized carbons (Fsp3) is 1.00. The minimum Gasteiger partial charge on any atom is -0.349 e. The Hall–Kier alpha value is -0.120. The largest absolute Gasteiger partial charge is 0.349 e. The van der Waals surface area contributed by atoms with Crippen LogP contribution in [0.3, 0.4) is 0 Å². The molecule has 2 aliphatic heterocycles. The molecule has 1 unspecified atom stereocenters. The van der Waals surface area contributed by atoms with Gasteiger partial charge in [-0.25, -0.2) is 0 Å². The third kappa shape index (κ3) is 3.19. The summed E-state index contributed by atoms with van der Waals surface area (Å²) >= 11 is 0. The SMILES string of the molecule is CCCCCN1CCCCC1C1OCCO1. The van der Waals surface area contributed by atoms with E-state index in [-0.39, 0.29) is 6.29 Å². The first kappa shape index (κ1) is 12.3. The predicted octanol–water partition coefficient (Wildman–Crippen LogP) is 2.40. The summed E-state index contributed by atoms with van der Waals surface area (Å²) in [5.41, 5.74) is 0. The van der Waals surface area contributed by atoms with Crippen molar-refractivity contribution in [1.29, 1.82) is 0 Å². The zero-order valence-corrected chi connectivity index (χ0v) is 10.5. The minimum atomic E-state index is 0.0573. The van der Waals surface area contributed by atoms with E-state index in [1.807, 2.05) is 0 Å². The van der Waals surface area contributed by atoms with Crippen molar-refractivity contribution in [3.8, 4) is 0 Å². The van der Waals surface area contributed by atoms with Gasteiger partial charge in [-0.1, -0.05) is 26.2 Å². The van der Waals surface area contributed by atoms with Crippen LogP contribution in [0.2, 0.25) is 0 Å². The van der Waals surface area contributed by atoms with E-state index in [0.717, 1.165) is 13.2 Å². The van der Waals surface area contributed by atoms with E-state index < -0.39 is 0 Å². The molecule has 2 aliphatic rings. The Labute approximate surface area is 99.1 Å². The molecule has 2 saturated heterocycles. The highest BCUT2D eigenvalue weighted by Crippen LogP contribution is 2.24. The van der Waals surface area contributed by atoms with Crippen molar-refractivity contribution < 1.29 is 9.47 Å². The molecular formula is C13H25NO2. The van der Waals surface area contributed by atoms with Gasteiger partial charge in [-0.2, -0.15) is 0 Å². The maximum atomic E-state index is 5.67. The molecule has 2 fully saturated rings. The zero-order chi connectivity index (χ0) is 11.2. The molecule has 1 atom stereocenters. The lowest BCUT2D eigenvalue weighted by molar-refractivity contribution is -0.109. The summed E-state index contributed by atoms with van der Waals surface area (Å²) in [6, 6.07) is 0.521. The second kappa shape index (κ2) is 6.58. The molecule has 0 N–H and O–H groups in total. The molecule has 2 heterocycles. The molecule has 16 heavy (non-hydrogen) atoms. The first-order valence-electron chi connectivity index (χ1n) is 6.89. The number of ether oxygens (including phenoxy) is 2. The summed E-state index contributed by atoms with van der Waals surface area (Å²) in [6.07, 6.45) is 7.94. The number of nitrogens with zero attached hydrogens (tertiary/aromatic N) is 1. The van der Waals surface area contributed by atoms with Crippen molar-refractivity contribution in [2.24, 2.45) is 0 Å². The van der Waals surface area contributed by atoms with Crippen molar-refractivity contribution in [3.05, 3.63) is 0 Å². The quantitative estimate of drug-likeness (QED) is 0.673. The molecule has 3 heteroatoms. The van der Waals surface area contributed by atoms with Crippen molar-refractivity contribution >= 4 is 0 Å². The Balaban J connectivity index is 1.81. The number of unbranched alkanes of at least 4 members (excludes halogenated alkanes) is 2. The van der Waals surface area contributed by atoms with Gasteiger partial charge in [-0.3, -0.25) is 4.90 Å². The molecule has 94 valence electrons. The Bertz CT molecular complexity index is 192. The molecule has 0 amide bonds. The van der Waals surface area contributed by atoms with E-state index in [1.165, 1.54) is 51.6 Å². The van der Waals surface area contributed by atoms with E-state index >= 15 is 0 Å². The Kier molecular flexibility index (Phi) is 5.07. The van der Waals surface area contributed by atoms with Gasteiger partial charge in [0.1, 0.15) is 0 Å². The van der Waals surface area contributed by atoms with E-state index in [1.54, 1.807) is 0 Å². The lowest BCUT2D eigenvalue weighted by Gasteiger charge is -2.38. The van der Waals surface area contributed by atoms with Crippen molar-refractivity contribution in [2.75, 3.05) is 26.3 Å². The fourth-order valence-corrected chi connectivity index (χ4v) is 2.77. The second-order valence-electron chi connectivity index (χ2n) is 4.92. The number of rotatable bonds is 5. The molecule has 3 nitrogen and oxygen atoms in total. The average Bonchev–Trinajstić information content (AvgIpc) is 2.83. The molecular weight excluding hydrogens is 202 g/mol. The molecule has 0 saturated carbocycles. The van der Waals surface area contributed by atoms with Gasteiger partial charge in [-0.15, -0.1) is 0 Å². The van der Waals surface area contributed by atoms with Gasteiger partial charge < -0.3 is 9.47 Å². The summed E-state index contributed by atoms with van der Waals surface area (Å²) in [5.74, 6) is 0. The van der Waals surface area contributed by atoms with Crippen molar-refractivity contribution in [2.45, 2.75) is 57.8 Å². The van der Waals surface area contributed by atoms with Crippen LogP contribution in [0.4, 0.5) is 0 Å². The van der Waals surface area contributed by atoms with Gasteiger partial charge in [0.15, 0.2) is 6.29 Å². The molecule has 0 aromatic rings. The zero-order valence-electron chi connectivity index (χ0n) is 10.5. The van der Waals surface area contributed by atoms with Crippen molar-refractivity contribution in [1.82, 2.24) is 4.90 Å². The molecule has 0 aromatic heterocycles. The van der Waals surface area contributed by atoms with Crippen LogP contribution in [0, 0.1) is 0 Å². The first-order chi connectivity index (χ1) is 7.92. The Morgan fingerprint density at radius 3 is 2.69 bits per heavy atom. The van der Waals surface area contributed by atoms with Crippen molar-refractivity contribution in [3.63, 3.8) is 0 Å². The molecule has 0 aliphatic carbocycles. The topological polar surface area (TPSA) is 21.7 Å². The van der Waals surface area contributed by atoms with Crippen LogP contribution in [0.25, 0.3) is 0 Å². The maximum Gasteiger partial charge on any atom is 0.173 e. The van der Waals surface area contributed by atoms with Gasteiger partial charge in [0.25, 0.3) is 0 Å². The van der Waals surface area contributed by atoms with Crippen LogP contribution in [0.5, 0.6) is 0 Å². The highest BCUT2D eigenvalue weighted by molar-refractivity contribution is 4.81. The van der Waals surface area contributed by atoms with Crippen LogP contribution >= 0.6 is 0 Å². The minimum absolute atomic E-state index is 0.0573. The molecule has 0 spiro atoms. The summed E-state index contributed by atoms with van der Waals surface area (Å²) in [6.45, 7) is 6.28. The average molecular weight is 227 g/mol. The highest BCUT2D eigenvalue weighted by atomic mass is 16.7.